The Morgan fingerprint density at radius 2 is 2.15 bits per heavy atom. The van der Waals surface area contributed by atoms with Gasteiger partial charge in [0.25, 0.3) is 0 Å². The van der Waals surface area contributed by atoms with E-state index in [9.17, 15) is 4.79 Å². The number of rotatable bonds is 8. The van der Waals surface area contributed by atoms with Crippen molar-refractivity contribution >= 4 is 5.91 Å². The molecule has 5 heteroatoms. The zero-order valence-electron chi connectivity index (χ0n) is 13.1. The van der Waals surface area contributed by atoms with Crippen LogP contribution in [0.1, 0.15) is 32.6 Å². The zero-order chi connectivity index (χ0) is 15.0. The topological polar surface area (TPSA) is 50.6 Å². The van der Waals surface area contributed by atoms with E-state index in [4.69, 9.17) is 5.26 Å². The first-order chi connectivity index (χ1) is 9.58. The summed E-state index contributed by atoms with van der Waals surface area (Å²) in [5.74, 6) is 0.130. The third-order valence-corrected chi connectivity index (χ3v) is 4.12. The van der Waals surface area contributed by atoms with Gasteiger partial charge in [0, 0.05) is 39.1 Å². The summed E-state index contributed by atoms with van der Waals surface area (Å²) >= 11 is 0. The van der Waals surface area contributed by atoms with Gasteiger partial charge in [0.2, 0.25) is 5.91 Å². The van der Waals surface area contributed by atoms with E-state index in [0.717, 1.165) is 19.6 Å². The van der Waals surface area contributed by atoms with Gasteiger partial charge in [-0.25, -0.2) is 0 Å². The summed E-state index contributed by atoms with van der Waals surface area (Å²) < 4.78 is 0. The van der Waals surface area contributed by atoms with E-state index >= 15 is 0 Å². The number of nitriles is 1. The first-order valence-electron chi connectivity index (χ1n) is 7.62. The zero-order valence-corrected chi connectivity index (χ0v) is 13.1. The maximum Gasteiger partial charge on any atom is 0.223 e. The highest BCUT2D eigenvalue weighted by Crippen LogP contribution is 2.17. The molecule has 0 aromatic heterocycles. The van der Waals surface area contributed by atoms with Crippen LogP contribution in [0.25, 0.3) is 0 Å². The molecule has 114 valence electrons. The standard InChI is InChI=1S/C15H28N4O/c1-4-19-11-5-7-14(19)13-17(2)12-8-15(20)18(3)10-6-9-16/h14H,4-8,10-13H2,1-3H3. The molecule has 0 bridgehead atoms. The number of carbonyl (C=O) groups is 1. The number of likely N-dealkylation sites (N-methyl/N-ethyl adjacent to an activating group) is 2. The van der Waals surface area contributed by atoms with Gasteiger partial charge in [-0.15, -0.1) is 0 Å². The van der Waals surface area contributed by atoms with Gasteiger partial charge in [0.1, 0.15) is 0 Å². The van der Waals surface area contributed by atoms with Crippen molar-refractivity contribution in [3.8, 4) is 6.07 Å². The smallest absolute Gasteiger partial charge is 0.223 e. The van der Waals surface area contributed by atoms with Gasteiger partial charge in [0.05, 0.1) is 12.5 Å². The molecule has 0 saturated carbocycles. The minimum absolute atomic E-state index is 0.130. The number of amides is 1. The Hall–Kier alpha value is -1.12. The molecule has 20 heavy (non-hydrogen) atoms. The second kappa shape index (κ2) is 8.93. The molecule has 1 fully saturated rings. The summed E-state index contributed by atoms with van der Waals surface area (Å²) in [5.41, 5.74) is 0. The van der Waals surface area contributed by atoms with Gasteiger partial charge in [-0.05, 0) is 33.0 Å². The first-order valence-corrected chi connectivity index (χ1v) is 7.62. The van der Waals surface area contributed by atoms with Crippen LogP contribution in [0.15, 0.2) is 0 Å². The third kappa shape index (κ3) is 5.48. The predicted molar refractivity (Wildman–Crippen MR) is 80.3 cm³/mol. The Kier molecular flexibility index (Phi) is 7.56. The second-order valence-corrected chi connectivity index (χ2v) is 5.66. The van der Waals surface area contributed by atoms with Crippen molar-refractivity contribution in [2.75, 3.05) is 46.8 Å². The van der Waals surface area contributed by atoms with Crippen LogP contribution >= 0.6 is 0 Å². The summed E-state index contributed by atoms with van der Waals surface area (Å²) in [4.78, 5) is 18.3. The molecule has 1 unspecified atom stereocenters. The van der Waals surface area contributed by atoms with Gasteiger partial charge >= 0.3 is 0 Å². The molecule has 0 aromatic carbocycles. The van der Waals surface area contributed by atoms with E-state index in [0.29, 0.717) is 25.4 Å². The summed E-state index contributed by atoms with van der Waals surface area (Å²) in [6, 6.07) is 2.72. The van der Waals surface area contributed by atoms with Gasteiger partial charge in [-0.3, -0.25) is 9.69 Å². The van der Waals surface area contributed by atoms with Crippen LogP contribution in [0.2, 0.25) is 0 Å². The lowest BCUT2D eigenvalue weighted by atomic mass is 10.2. The molecule has 1 heterocycles. The molecule has 0 spiro atoms. The molecule has 1 aliphatic rings. The Morgan fingerprint density at radius 1 is 1.40 bits per heavy atom. The molecule has 1 rings (SSSR count). The van der Waals surface area contributed by atoms with Gasteiger partial charge < -0.3 is 9.80 Å². The van der Waals surface area contributed by atoms with Crippen molar-refractivity contribution in [3.63, 3.8) is 0 Å². The number of likely N-dealkylation sites (tertiary alicyclic amines) is 1. The highest BCUT2D eigenvalue weighted by atomic mass is 16.2. The van der Waals surface area contributed by atoms with Crippen LogP contribution in [-0.2, 0) is 4.79 Å². The normalized spacial score (nSPS) is 19.2. The van der Waals surface area contributed by atoms with E-state index in [1.165, 1.54) is 19.4 Å². The largest absolute Gasteiger partial charge is 0.345 e. The fourth-order valence-corrected chi connectivity index (χ4v) is 2.79. The molecule has 0 radical (unpaired) electrons. The molecule has 0 aliphatic carbocycles. The van der Waals surface area contributed by atoms with Crippen LogP contribution in [0, 0.1) is 11.3 Å². The number of carbonyl (C=O) groups excluding carboxylic acids is 1. The molecular formula is C15H28N4O. The van der Waals surface area contributed by atoms with Crippen LogP contribution in [0.3, 0.4) is 0 Å². The van der Waals surface area contributed by atoms with Crippen LogP contribution in [-0.4, -0.2) is 73.5 Å². The van der Waals surface area contributed by atoms with Crippen LogP contribution < -0.4 is 0 Å². The molecule has 1 amide bonds. The summed E-state index contributed by atoms with van der Waals surface area (Å²) in [7, 11) is 3.87. The van der Waals surface area contributed by atoms with E-state index in [2.05, 4.69) is 29.8 Å². The summed E-state index contributed by atoms with van der Waals surface area (Å²) in [5, 5.41) is 8.52. The van der Waals surface area contributed by atoms with Crippen LogP contribution in [0.5, 0.6) is 0 Å². The molecular weight excluding hydrogens is 252 g/mol. The summed E-state index contributed by atoms with van der Waals surface area (Å²) in [6.07, 6.45) is 3.51. The van der Waals surface area contributed by atoms with Crippen molar-refractivity contribution in [1.82, 2.24) is 14.7 Å². The van der Waals surface area contributed by atoms with Crippen molar-refractivity contribution < 1.29 is 4.79 Å². The molecule has 0 aromatic rings. The Bertz CT molecular complexity index is 339. The fraction of sp³-hybridized carbons (Fsp3) is 0.867. The predicted octanol–water partition coefficient (Wildman–Crippen LogP) is 1.16. The Labute approximate surface area is 123 Å². The van der Waals surface area contributed by atoms with Gasteiger partial charge in [-0.1, -0.05) is 6.92 Å². The van der Waals surface area contributed by atoms with E-state index in [1.54, 1.807) is 11.9 Å². The Balaban J connectivity index is 2.24. The Morgan fingerprint density at radius 3 is 2.80 bits per heavy atom. The quantitative estimate of drug-likeness (QED) is 0.669. The monoisotopic (exact) mass is 280 g/mol. The average Bonchev–Trinajstić information content (AvgIpc) is 2.89. The van der Waals surface area contributed by atoms with Gasteiger partial charge in [-0.2, -0.15) is 5.26 Å². The van der Waals surface area contributed by atoms with Crippen molar-refractivity contribution in [1.29, 1.82) is 5.26 Å². The molecule has 0 N–H and O–H groups in total. The highest BCUT2D eigenvalue weighted by Gasteiger charge is 2.24. The van der Waals surface area contributed by atoms with E-state index in [1.807, 2.05) is 0 Å². The molecule has 1 aliphatic heterocycles. The average molecular weight is 280 g/mol. The number of hydrogen-bond donors (Lipinski definition) is 0. The highest BCUT2D eigenvalue weighted by molar-refractivity contribution is 5.76. The van der Waals surface area contributed by atoms with E-state index in [-0.39, 0.29) is 5.91 Å². The lowest BCUT2D eigenvalue weighted by Crippen LogP contribution is -2.40. The number of nitrogens with zero attached hydrogens (tertiary/aromatic N) is 4. The maximum atomic E-state index is 11.9. The molecule has 5 nitrogen and oxygen atoms in total. The van der Waals surface area contributed by atoms with Crippen molar-refractivity contribution in [3.05, 3.63) is 0 Å². The molecule has 1 atom stereocenters. The maximum absolute atomic E-state index is 11.9. The SMILES string of the molecule is CCN1CCCC1CN(C)CCC(=O)N(C)CCC#N. The third-order valence-electron chi connectivity index (χ3n) is 4.12. The minimum atomic E-state index is 0.130. The summed E-state index contributed by atoms with van der Waals surface area (Å²) in [6.45, 7) is 6.92. The van der Waals surface area contributed by atoms with Crippen LogP contribution in [0.4, 0.5) is 0 Å². The number of hydrogen-bond acceptors (Lipinski definition) is 4. The second-order valence-electron chi connectivity index (χ2n) is 5.66. The fourth-order valence-electron chi connectivity index (χ4n) is 2.79. The molecule has 1 saturated heterocycles. The van der Waals surface area contributed by atoms with Crippen molar-refractivity contribution in [2.45, 2.75) is 38.6 Å². The lowest BCUT2D eigenvalue weighted by molar-refractivity contribution is -0.130. The minimum Gasteiger partial charge on any atom is -0.345 e. The van der Waals surface area contributed by atoms with Gasteiger partial charge in [0.15, 0.2) is 0 Å². The van der Waals surface area contributed by atoms with Crippen molar-refractivity contribution in [2.24, 2.45) is 0 Å². The van der Waals surface area contributed by atoms with E-state index < -0.39 is 0 Å². The first kappa shape index (κ1) is 16.9. The lowest BCUT2D eigenvalue weighted by Gasteiger charge is -2.28.